The first-order valence-corrected chi connectivity index (χ1v) is 7.04. The lowest BCUT2D eigenvalue weighted by molar-refractivity contribution is -0.152. The number of esters is 1. The molecule has 0 spiro atoms. The van der Waals surface area contributed by atoms with Gasteiger partial charge in [-0.05, 0) is 25.7 Å². The highest BCUT2D eigenvalue weighted by Gasteiger charge is 2.43. The van der Waals surface area contributed by atoms with Gasteiger partial charge in [0, 0.05) is 7.05 Å². The molecule has 1 aliphatic rings. The van der Waals surface area contributed by atoms with Crippen LogP contribution in [0.25, 0.3) is 0 Å². The van der Waals surface area contributed by atoms with Crippen LogP contribution in [0, 0.1) is 17.8 Å². The number of amides is 1. The number of hydrogen-bond acceptors (Lipinski definition) is 4. The molecule has 3 atom stereocenters. The molecular weight excluding hydrogens is 262 g/mol. The van der Waals surface area contributed by atoms with E-state index in [2.05, 4.69) is 0 Å². The van der Waals surface area contributed by atoms with Crippen molar-refractivity contribution >= 4 is 17.8 Å². The maximum Gasteiger partial charge on any atom is 0.325 e. The van der Waals surface area contributed by atoms with E-state index < -0.39 is 23.8 Å². The van der Waals surface area contributed by atoms with Crippen molar-refractivity contribution in [3.05, 3.63) is 0 Å². The number of aliphatic carboxylic acids is 1. The van der Waals surface area contributed by atoms with Crippen molar-refractivity contribution in [2.75, 3.05) is 20.2 Å². The summed E-state index contributed by atoms with van der Waals surface area (Å²) in [5.41, 5.74) is 0. The van der Waals surface area contributed by atoms with Gasteiger partial charge in [-0.3, -0.25) is 14.4 Å². The molecule has 6 heteroatoms. The Hall–Kier alpha value is -1.59. The summed E-state index contributed by atoms with van der Waals surface area (Å²) in [5.74, 6) is -2.58. The number of hydrogen-bond donors (Lipinski definition) is 1. The van der Waals surface area contributed by atoms with Crippen molar-refractivity contribution in [2.24, 2.45) is 17.8 Å². The van der Waals surface area contributed by atoms with Crippen LogP contribution in [0.1, 0.15) is 33.1 Å². The largest absolute Gasteiger partial charge is 0.481 e. The van der Waals surface area contributed by atoms with Crippen LogP contribution in [0.15, 0.2) is 0 Å². The van der Waals surface area contributed by atoms with E-state index in [4.69, 9.17) is 4.74 Å². The Labute approximate surface area is 119 Å². The second-order valence-electron chi connectivity index (χ2n) is 5.30. The zero-order valence-corrected chi connectivity index (χ0v) is 12.3. The third kappa shape index (κ3) is 3.95. The highest BCUT2D eigenvalue weighted by molar-refractivity contribution is 5.87. The Morgan fingerprint density at radius 2 is 1.80 bits per heavy atom. The second-order valence-corrected chi connectivity index (χ2v) is 5.30. The van der Waals surface area contributed by atoms with E-state index in [1.54, 1.807) is 6.92 Å². The average molecular weight is 285 g/mol. The Morgan fingerprint density at radius 3 is 2.30 bits per heavy atom. The van der Waals surface area contributed by atoms with Gasteiger partial charge in [-0.1, -0.05) is 13.3 Å². The Morgan fingerprint density at radius 1 is 1.20 bits per heavy atom. The van der Waals surface area contributed by atoms with Gasteiger partial charge in [0.15, 0.2) is 0 Å². The first-order chi connectivity index (χ1) is 9.40. The van der Waals surface area contributed by atoms with Crippen LogP contribution in [0.2, 0.25) is 0 Å². The zero-order valence-electron chi connectivity index (χ0n) is 12.3. The predicted octanol–water partition coefficient (Wildman–Crippen LogP) is 1.14. The first-order valence-electron chi connectivity index (χ1n) is 7.04. The van der Waals surface area contributed by atoms with E-state index in [0.29, 0.717) is 12.8 Å². The number of nitrogens with zero attached hydrogens (tertiary/aromatic N) is 1. The monoisotopic (exact) mass is 285 g/mol. The number of rotatable bonds is 6. The number of carbonyl (C=O) groups is 3. The molecule has 1 saturated carbocycles. The number of carboxylic acids is 1. The van der Waals surface area contributed by atoms with Gasteiger partial charge in [-0.15, -0.1) is 0 Å². The molecule has 1 fully saturated rings. The lowest BCUT2D eigenvalue weighted by atomic mass is 9.95. The van der Waals surface area contributed by atoms with E-state index in [1.807, 2.05) is 6.92 Å². The van der Waals surface area contributed by atoms with Gasteiger partial charge < -0.3 is 14.7 Å². The van der Waals surface area contributed by atoms with E-state index in [9.17, 15) is 19.5 Å². The normalized spacial score (nSPS) is 25.2. The summed E-state index contributed by atoms with van der Waals surface area (Å²) in [6, 6.07) is 0. The molecule has 0 radical (unpaired) electrons. The van der Waals surface area contributed by atoms with Crippen molar-refractivity contribution in [1.29, 1.82) is 0 Å². The van der Waals surface area contributed by atoms with E-state index in [-0.39, 0.29) is 25.0 Å². The van der Waals surface area contributed by atoms with Crippen LogP contribution in [0.4, 0.5) is 0 Å². The maximum atomic E-state index is 12.3. The van der Waals surface area contributed by atoms with Crippen molar-refractivity contribution < 1.29 is 24.2 Å². The van der Waals surface area contributed by atoms with Crippen molar-refractivity contribution in [3.63, 3.8) is 0 Å². The molecule has 0 bridgehead atoms. The fraction of sp³-hybridized carbons (Fsp3) is 0.786. The number of likely N-dealkylation sites (N-methyl/N-ethyl adjacent to an activating group) is 1. The van der Waals surface area contributed by atoms with Gasteiger partial charge >= 0.3 is 11.9 Å². The molecule has 1 unspecified atom stereocenters. The average Bonchev–Trinajstić information content (AvgIpc) is 2.82. The number of ether oxygens (including phenoxy) is 1. The first kappa shape index (κ1) is 16.5. The highest BCUT2D eigenvalue weighted by Crippen LogP contribution is 2.39. The summed E-state index contributed by atoms with van der Waals surface area (Å²) in [5, 5.41) is 9.23. The number of carboxylic acid groups (broad SMARTS) is 1. The standard InChI is InChI=1S/C14H23NO5/c1-4-9-6-10(11(7-9)14(18)19)13(17)15(3)8-12(16)20-5-2/h9-11H,4-8H2,1-3H3,(H,18,19)/t9?,10-,11+/m0/s1. The molecule has 1 N–H and O–H groups in total. The fourth-order valence-electron chi connectivity index (χ4n) is 2.78. The van der Waals surface area contributed by atoms with Crippen LogP contribution >= 0.6 is 0 Å². The van der Waals surface area contributed by atoms with E-state index >= 15 is 0 Å². The van der Waals surface area contributed by atoms with Gasteiger partial charge in [0.2, 0.25) is 5.91 Å². The predicted molar refractivity (Wildman–Crippen MR) is 71.9 cm³/mol. The van der Waals surface area contributed by atoms with Gasteiger partial charge in [0.05, 0.1) is 18.4 Å². The van der Waals surface area contributed by atoms with Crippen molar-refractivity contribution in [1.82, 2.24) is 4.90 Å². The summed E-state index contributed by atoms with van der Waals surface area (Å²) in [6.45, 7) is 3.83. The SMILES string of the molecule is CCOC(=O)CN(C)C(=O)[C@H]1CC(CC)C[C@H]1C(=O)O. The van der Waals surface area contributed by atoms with E-state index in [0.717, 1.165) is 6.42 Å². The molecule has 0 aromatic carbocycles. The second kappa shape index (κ2) is 7.26. The van der Waals surface area contributed by atoms with Gasteiger partial charge in [0.1, 0.15) is 6.54 Å². The smallest absolute Gasteiger partial charge is 0.325 e. The molecule has 0 aromatic heterocycles. The minimum Gasteiger partial charge on any atom is -0.481 e. The molecule has 6 nitrogen and oxygen atoms in total. The Kier molecular flexibility index (Phi) is 5.98. The van der Waals surface area contributed by atoms with Crippen LogP contribution in [-0.2, 0) is 19.1 Å². The summed E-state index contributed by atoms with van der Waals surface area (Å²) in [7, 11) is 1.51. The summed E-state index contributed by atoms with van der Waals surface area (Å²) >= 11 is 0. The van der Waals surface area contributed by atoms with Gasteiger partial charge in [-0.25, -0.2) is 0 Å². The van der Waals surface area contributed by atoms with Gasteiger partial charge in [-0.2, -0.15) is 0 Å². The zero-order chi connectivity index (χ0) is 15.3. The summed E-state index contributed by atoms with van der Waals surface area (Å²) < 4.78 is 4.79. The Balaban J connectivity index is 2.68. The molecule has 0 saturated heterocycles. The molecule has 0 aromatic rings. The van der Waals surface area contributed by atoms with Crippen LogP contribution in [0.5, 0.6) is 0 Å². The highest BCUT2D eigenvalue weighted by atomic mass is 16.5. The van der Waals surface area contributed by atoms with Gasteiger partial charge in [0.25, 0.3) is 0 Å². The lowest BCUT2D eigenvalue weighted by Gasteiger charge is -2.22. The third-order valence-corrected chi connectivity index (χ3v) is 3.92. The number of carbonyl (C=O) groups excluding carboxylic acids is 2. The van der Waals surface area contributed by atoms with Crippen molar-refractivity contribution in [3.8, 4) is 0 Å². The van der Waals surface area contributed by atoms with Crippen LogP contribution < -0.4 is 0 Å². The molecule has 1 aliphatic carbocycles. The van der Waals surface area contributed by atoms with Crippen molar-refractivity contribution in [2.45, 2.75) is 33.1 Å². The Bertz CT molecular complexity index is 382. The quantitative estimate of drug-likeness (QED) is 0.740. The molecule has 1 rings (SSSR count). The third-order valence-electron chi connectivity index (χ3n) is 3.92. The summed E-state index contributed by atoms with van der Waals surface area (Å²) in [4.78, 5) is 36.2. The molecule has 0 heterocycles. The molecule has 114 valence electrons. The minimum atomic E-state index is -0.927. The molecule has 20 heavy (non-hydrogen) atoms. The van der Waals surface area contributed by atoms with Crippen LogP contribution in [-0.4, -0.2) is 48.1 Å². The summed E-state index contributed by atoms with van der Waals surface area (Å²) in [6.07, 6.45) is 1.99. The topological polar surface area (TPSA) is 83.9 Å². The molecule has 1 amide bonds. The lowest BCUT2D eigenvalue weighted by Crippen LogP contribution is -2.39. The molecule has 0 aliphatic heterocycles. The van der Waals surface area contributed by atoms with Crippen LogP contribution in [0.3, 0.4) is 0 Å². The minimum absolute atomic E-state index is 0.133. The van der Waals surface area contributed by atoms with E-state index in [1.165, 1.54) is 11.9 Å². The maximum absolute atomic E-state index is 12.3. The fourth-order valence-corrected chi connectivity index (χ4v) is 2.78. The molecular formula is C14H23NO5.